The molecule has 526 valence electrons. The average Bonchev–Trinajstić information content (AvgIpc) is 2.05. The maximum atomic E-state index is 15.0. The first kappa shape index (κ1) is 79.8. The smallest absolute Gasteiger partial charge is 0.329 e. The first-order valence-electron chi connectivity index (χ1n) is 33.6. The lowest BCUT2D eigenvalue weighted by molar-refractivity contribution is -0.157. The molecule has 3 heterocycles. The fourth-order valence-electron chi connectivity index (χ4n) is 11.3. The summed E-state index contributed by atoms with van der Waals surface area (Å²) in [6.45, 7) is 30.3. The standard InChI is InChI=1S/C65H111N13O15/c1-19-24-45(79)77-29-22-25-43(77)57(84)67-40(17)55(82)70-48(34(8)9)60(87)69-42(31-32(4)5)56(83)74-51(37(14)20-2)63(90)76-53-41(18)93-65(92)50(36(12)13)73-58(85)44-26-23-30-78(44)46(80)27-28-66-54(81)39(16)68-59(86)47(33(6)7)71-62(89)52(38(15)21-3)75-61(88)49(35(10)11)72-64(53)91/h32-44,47-53H,19-31H2,1-18H3,(H,66,81)(H,67,84)(H,68,86)(H,69,87)(H,70,82)(H,71,89)(H,72,91)(H,73,85)(H,74,83)(H,75,88)(H,76,90)/t37-,38-,39-,40-,41-,42-,43+,44-,47+,48+,49+,50+,51+,52-,53-/m1/s1. The van der Waals surface area contributed by atoms with Gasteiger partial charge in [0.15, 0.2) is 0 Å². The van der Waals surface area contributed by atoms with E-state index < -0.39 is 191 Å². The Labute approximate surface area is 549 Å². The van der Waals surface area contributed by atoms with Crippen molar-refractivity contribution in [2.45, 2.75) is 267 Å². The first-order chi connectivity index (χ1) is 43.5. The van der Waals surface area contributed by atoms with E-state index in [1.54, 1.807) is 83.1 Å². The second-order valence-electron chi connectivity index (χ2n) is 27.2. The van der Waals surface area contributed by atoms with Gasteiger partial charge in [0.1, 0.15) is 78.6 Å². The molecule has 11 N–H and O–H groups in total. The Morgan fingerprint density at radius 1 is 0.570 bits per heavy atom. The van der Waals surface area contributed by atoms with E-state index in [9.17, 15) is 62.3 Å². The summed E-state index contributed by atoms with van der Waals surface area (Å²) in [5.41, 5.74) is 0. The van der Waals surface area contributed by atoms with Crippen molar-refractivity contribution in [2.24, 2.45) is 41.4 Å². The summed E-state index contributed by atoms with van der Waals surface area (Å²) in [6.07, 6.45) is 1.54. The highest BCUT2D eigenvalue weighted by Gasteiger charge is 2.43. The molecule has 0 aromatic heterocycles. The number of esters is 1. The van der Waals surface area contributed by atoms with Crippen LogP contribution in [0.25, 0.3) is 0 Å². The van der Waals surface area contributed by atoms with Gasteiger partial charge in [0.05, 0.1) is 0 Å². The van der Waals surface area contributed by atoms with Gasteiger partial charge in [-0.3, -0.25) is 62.3 Å². The molecule has 0 spiro atoms. The highest BCUT2D eigenvalue weighted by Crippen LogP contribution is 2.23. The van der Waals surface area contributed by atoms with E-state index in [1.165, 1.54) is 30.6 Å². The van der Waals surface area contributed by atoms with Crippen molar-refractivity contribution in [3.8, 4) is 0 Å². The number of likely N-dealkylation sites (tertiary alicyclic amines) is 1. The van der Waals surface area contributed by atoms with Crippen molar-refractivity contribution in [3.63, 3.8) is 0 Å². The van der Waals surface area contributed by atoms with Crippen LogP contribution < -0.4 is 58.5 Å². The first-order valence-corrected chi connectivity index (χ1v) is 33.6. The SMILES string of the molecule is CCCC(=O)N1CCC[C@H]1C(=O)N[C@H](C)C(=O)N[C@H](C(=O)N[C@H](CC(C)C)C(=O)N[C@H](C(=O)N[C@H]1C(=O)N[C@@H](C(C)C)C(=O)N[C@H]([C@H](C)CC)C(=O)N[C@@H](C(C)C)C(=O)N[C@H](C)C(=O)NCCC(=O)N2CCC[C@@H]2C(=O)N[C@@H](C(C)C)C(=O)O[C@@H]1C)[C@H](C)CC)C(C)C. The molecule has 15 atom stereocenters. The molecule has 3 fully saturated rings. The number of amides is 13. The molecule has 0 aliphatic carbocycles. The van der Waals surface area contributed by atoms with E-state index in [-0.39, 0.29) is 57.0 Å². The molecule has 28 heteroatoms. The molecule has 93 heavy (non-hydrogen) atoms. The zero-order valence-corrected chi connectivity index (χ0v) is 58.3. The lowest BCUT2D eigenvalue weighted by atomic mass is 9.94. The number of nitrogens with one attached hydrogen (secondary N) is 11. The monoisotopic (exact) mass is 1310 g/mol. The van der Waals surface area contributed by atoms with Gasteiger partial charge in [-0.25, -0.2) is 4.79 Å². The number of carbonyl (C=O) groups excluding carboxylic acids is 14. The Bertz CT molecular complexity index is 2650. The number of carbonyl (C=O) groups is 14. The van der Waals surface area contributed by atoms with Crippen molar-refractivity contribution in [2.75, 3.05) is 19.6 Å². The fourth-order valence-corrected chi connectivity index (χ4v) is 11.3. The minimum Gasteiger partial charge on any atom is -0.458 e. The minimum absolute atomic E-state index is 0.0533. The van der Waals surface area contributed by atoms with Gasteiger partial charge in [0.25, 0.3) is 0 Å². The van der Waals surface area contributed by atoms with Gasteiger partial charge in [-0.15, -0.1) is 0 Å². The normalized spacial score (nSPS) is 25.6. The van der Waals surface area contributed by atoms with Gasteiger partial charge >= 0.3 is 5.97 Å². The van der Waals surface area contributed by atoms with E-state index in [2.05, 4.69) is 58.5 Å². The summed E-state index contributed by atoms with van der Waals surface area (Å²) in [5, 5.41) is 29.8. The second-order valence-corrected chi connectivity index (χ2v) is 27.2. The molecular formula is C65H111N13O15. The summed E-state index contributed by atoms with van der Waals surface area (Å²) in [4.78, 5) is 200. The number of rotatable bonds is 22. The maximum absolute atomic E-state index is 15.0. The molecule has 28 nitrogen and oxygen atoms in total. The number of fused-ring (bicyclic) bond motifs is 1. The predicted molar refractivity (Wildman–Crippen MR) is 346 cm³/mol. The van der Waals surface area contributed by atoms with Gasteiger partial charge < -0.3 is 73.0 Å². The Kier molecular flexibility index (Phi) is 32.2. The van der Waals surface area contributed by atoms with Crippen molar-refractivity contribution in [1.82, 2.24) is 68.3 Å². The van der Waals surface area contributed by atoms with Crippen LogP contribution in [0.2, 0.25) is 0 Å². The van der Waals surface area contributed by atoms with E-state index in [4.69, 9.17) is 4.74 Å². The van der Waals surface area contributed by atoms with E-state index >= 15 is 4.79 Å². The van der Waals surface area contributed by atoms with E-state index in [0.29, 0.717) is 38.6 Å². The fraction of sp³-hybridized carbons (Fsp3) is 0.785. The molecule has 3 aliphatic rings. The molecule has 13 amide bonds. The van der Waals surface area contributed by atoms with E-state index in [0.717, 1.165) is 0 Å². The minimum atomic E-state index is -1.83. The third-order valence-electron chi connectivity index (χ3n) is 17.6. The lowest BCUT2D eigenvalue weighted by Crippen LogP contribution is -2.64. The molecule has 0 aromatic carbocycles. The largest absolute Gasteiger partial charge is 0.458 e. The third-order valence-corrected chi connectivity index (χ3v) is 17.6. The average molecular weight is 1310 g/mol. The van der Waals surface area contributed by atoms with E-state index in [1.807, 2.05) is 20.8 Å². The van der Waals surface area contributed by atoms with Crippen LogP contribution in [0.3, 0.4) is 0 Å². The van der Waals surface area contributed by atoms with Crippen molar-refractivity contribution >= 4 is 82.8 Å². The summed E-state index contributed by atoms with van der Waals surface area (Å²) in [6, 6.07) is -15.1. The Morgan fingerprint density at radius 3 is 1.68 bits per heavy atom. The number of cyclic esters (lactones) is 1. The highest BCUT2D eigenvalue weighted by atomic mass is 16.5. The van der Waals surface area contributed by atoms with Crippen molar-refractivity contribution in [3.05, 3.63) is 0 Å². The van der Waals surface area contributed by atoms with Crippen LogP contribution in [-0.2, 0) is 71.9 Å². The van der Waals surface area contributed by atoms with Crippen LogP contribution in [0.15, 0.2) is 0 Å². The molecule has 0 radical (unpaired) electrons. The van der Waals surface area contributed by atoms with Gasteiger partial charge in [0.2, 0.25) is 76.8 Å². The predicted octanol–water partition coefficient (Wildman–Crippen LogP) is 0.870. The van der Waals surface area contributed by atoms with Crippen LogP contribution in [0, 0.1) is 41.4 Å². The van der Waals surface area contributed by atoms with Gasteiger partial charge in [-0.1, -0.05) is 117 Å². The zero-order chi connectivity index (χ0) is 70.5. The Morgan fingerprint density at radius 2 is 1.12 bits per heavy atom. The van der Waals surface area contributed by atoms with Crippen molar-refractivity contribution < 1.29 is 71.9 Å². The lowest BCUT2D eigenvalue weighted by Gasteiger charge is -2.33. The maximum Gasteiger partial charge on any atom is 0.329 e. The molecule has 3 saturated heterocycles. The second kappa shape index (κ2) is 37.5. The molecule has 0 saturated carbocycles. The Balaban J connectivity index is 2.08. The van der Waals surface area contributed by atoms with Crippen LogP contribution in [0.1, 0.15) is 189 Å². The molecule has 0 aromatic rings. The molecule has 3 aliphatic heterocycles. The van der Waals surface area contributed by atoms with Gasteiger partial charge in [0, 0.05) is 32.5 Å². The number of hydrogen-bond acceptors (Lipinski definition) is 15. The summed E-state index contributed by atoms with van der Waals surface area (Å²) < 4.78 is 5.99. The summed E-state index contributed by atoms with van der Waals surface area (Å²) >= 11 is 0. The van der Waals surface area contributed by atoms with Crippen molar-refractivity contribution in [1.29, 1.82) is 0 Å². The quantitative estimate of drug-likeness (QED) is 0.0670. The van der Waals surface area contributed by atoms with Gasteiger partial charge in [-0.2, -0.15) is 0 Å². The highest BCUT2D eigenvalue weighted by molar-refractivity contribution is 6.00. The summed E-state index contributed by atoms with van der Waals surface area (Å²) in [5.74, 6) is -13.8. The topological polar surface area (TPSA) is 387 Å². The number of nitrogens with zero attached hydrogens (tertiary/aromatic N) is 2. The number of ether oxygens (including phenoxy) is 1. The number of hydrogen-bond donors (Lipinski definition) is 11. The molecular weight excluding hydrogens is 1200 g/mol. The van der Waals surface area contributed by atoms with Gasteiger partial charge in [-0.05, 0) is 101 Å². The summed E-state index contributed by atoms with van der Waals surface area (Å²) in [7, 11) is 0. The molecule has 0 unspecified atom stereocenters. The Hall–Kier alpha value is -7.42. The van der Waals surface area contributed by atoms with Crippen LogP contribution in [0.5, 0.6) is 0 Å². The zero-order valence-electron chi connectivity index (χ0n) is 58.3. The van der Waals surface area contributed by atoms with Crippen LogP contribution in [-0.4, -0.2) is 191 Å². The third kappa shape index (κ3) is 23.2. The molecule has 3 rings (SSSR count). The van der Waals surface area contributed by atoms with Crippen LogP contribution >= 0.6 is 0 Å². The molecule has 0 bridgehead atoms. The van der Waals surface area contributed by atoms with Crippen LogP contribution in [0.4, 0.5) is 0 Å².